The lowest BCUT2D eigenvalue weighted by molar-refractivity contribution is -0.134. The van der Waals surface area contributed by atoms with Crippen molar-refractivity contribution in [2.75, 3.05) is 13.1 Å². The average molecular weight is 280 g/mol. The zero-order valence-corrected chi connectivity index (χ0v) is 12.5. The Hall–Kier alpha value is -1.02. The van der Waals surface area contributed by atoms with E-state index in [2.05, 4.69) is 19.9 Å². The summed E-state index contributed by atoms with van der Waals surface area (Å²) in [6.07, 6.45) is 3.25. The fourth-order valence-electron chi connectivity index (χ4n) is 3.01. The Morgan fingerprint density at radius 1 is 1.37 bits per heavy atom. The largest absolute Gasteiger partial charge is 0.342 e. The third-order valence-corrected chi connectivity index (χ3v) is 4.36. The number of carbonyl (C=O) groups is 1. The second-order valence-electron chi connectivity index (χ2n) is 5.39. The van der Waals surface area contributed by atoms with E-state index in [1.54, 1.807) is 0 Å². The molecule has 1 amide bonds. The summed E-state index contributed by atoms with van der Waals surface area (Å²) in [7, 11) is 0. The van der Waals surface area contributed by atoms with Gasteiger partial charge >= 0.3 is 0 Å². The van der Waals surface area contributed by atoms with Crippen LogP contribution in [0.3, 0.4) is 0 Å². The van der Waals surface area contributed by atoms with Gasteiger partial charge in [-0.3, -0.25) is 4.79 Å². The minimum Gasteiger partial charge on any atom is -0.342 e. The van der Waals surface area contributed by atoms with Gasteiger partial charge in [0.2, 0.25) is 5.91 Å². The Labute approximate surface area is 120 Å². The quantitative estimate of drug-likeness (QED) is 0.813. The van der Waals surface area contributed by atoms with E-state index in [9.17, 15) is 4.79 Å². The number of carbonyl (C=O) groups excluding carboxylic acids is 1. The summed E-state index contributed by atoms with van der Waals surface area (Å²) < 4.78 is 0. The van der Waals surface area contributed by atoms with Crippen LogP contribution in [0.5, 0.6) is 0 Å². The molecule has 1 fully saturated rings. The van der Waals surface area contributed by atoms with Crippen molar-refractivity contribution in [3.63, 3.8) is 0 Å². The van der Waals surface area contributed by atoms with Crippen molar-refractivity contribution in [1.29, 1.82) is 0 Å². The van der Waals surface area contributed by atoms with Crippen LogP contribution in [0.15, 0.2) is 24.3 Å². The molecule has 2 rings (SSSR count). The number of hydrogen-bond donors (Lipinski definition) is 0. The minimum absolute atomic E-state index is 0.0292. The molecular formula is C16H22ClNO. The van der Waals surface area contributed by atoms with E-state index in [0.717, 1.165) is 37.4 Å². The summed E-state index contributed by atoms with van der Waals surface area (Å²) in [6.45, 7) is 6.04. The molecule has 0 N–H and O–H groups in total. The normalized spacial score (nSPS) is 18.4. The lowest BCUT2D eigenvalue weighted by Gasteiger charge is -2.27. The van der Waals surface area contributed by atoms with Gasteiger partial charge in [-0.05, 0) is 42.9 Å². The molecule has 2 nitrogen and oxygen atoms in total. The van der Waals surface area contributed by atoms with Gasteiger partial charge in [-0.2, -0.15) is 0 Å². The first kappa shape index (κ1) is 14.4. The van der Waals surface area contributed by atoms with E-state index in [0.29, 0.717) is 5.91 Å². The molecule has 1 heterocycles. The standard InChI is InChI=1S/C16H22ClNO/c1-3-15(13-7-6-8-14(17)11-13)12(2)16(19)18-9-4-5-10-18/h6-8,11-12,15H,3-5,9-10H2,1-2H3. The van der Waals surface area contributed by atoms with E-state index >= 15 is 0 Å². The van der Waals surface area contributed by atoms with Crippen LogP contribution in [0.25, 0.3) is 0 Å². The molecule has 2 unspecified atom stereocenters. The first-order chi connectivity index (χ1) is 9.13. The van der Waals surface area contributed by atoms with Gasteiger partial charge in [0.15, 0.2) is 0 Å². The third-order valence-electron chi connectivity index (χ3n) is 4.13. The van der Waals surface area contributed by atoms with Gasteiger partial charge in [0.1, 0.15) is 0 Å². The van der Waals surface area contributed by atoms with E-state index in [-0.39, 0.29) is 11.8 Å². The van der Waals surface area contributed by atoms with Gasteiger partial charge in [0.05, 0.1) is 0 Å². The molecule has 0 bridgehead atoms. The highest BCUT2D eigenvalue weighted by Gasteiger charge is 2.29. The molecule has 1 aliphatic heterocycles. The molecule has 0 saturated carbocycles. The molecule has 2 atom stereocenters. The summed E-state index contributed by atoms with van der Waals surface area (Å²) in [5.74, 6) is 0.581. The number of hydrogen-bond acceptors (Lipinski definition) is 1. The molecule has 3 heteroatoms. The first-order valence-corrected chi connectivity index (χ1v) is 7.55. The predicted molar refractivity (Wildman–Crippen MR) is 79.5 cm³/mol. The zero-order valence-electron chi connectivity index (χ0n) is 11.7. The van der Waals surface area contributed by atoms with Crippen molar-refractivity contribution < 1.29 is 4.79 Å². The molecule has 19 heavy (non-hydrogen) atoms. The molecular weight excluding hydrogens is 258 g/mol. The Morgan fingerprint density at radius 3 is 2.63 bits per heavy atom. The molecule has 0 aliphatic carbocycles. The van der Waals surface area contributed by atoms with Gasteiger partial charge in [-0.1, -0.05) is 37.6 Å². The number of rotatable bonds is 4. The van der Waals surface area contributed by atoms with Gasteiger partial charge in [-0.15, -0.1) is 0 Å². The highest BCUT2D eigenvalue weighted by molar-refractivity contribution is 6.30. The Kier molecular flexibility index (Phi) is 4.87. The van der Waals surface area contributed by atoms with E-state index in [1.165, 1.54) is 5.56 Å². The Balaban J connectivity index is 2.14. The van der Waals surface area contributed by atoms with Gasteiger partial charge in [0.25, 0.3) is 0 Å². The molecule has 1 aliphatic rings. The minimum atomic E-state index is 0.0292. The summed E-state index contributed by atoms with van der Waals surface area (Å²) >= 11 is 6.06. The molecule has 1 saturated heterocycles. The van der Waals surface area contributed by atoms with E-state index in [4.69, 9.17) is 11.6 Å². The fraction of sp³-hybridized carbons (Fsp3) is 0.562. The number of amides is 1. The topological polar surface area (TPSA) is 20.3 Å². The van der Waals surface area contributed by atoms with Gasteiger partial charge < -0.3 is 4.90 Å². The van der Waals surface area contributed by atoms with Crippen LogP contribution in [0, 0.1) is 5.92 Å². The highest BCUT2D eigenvalue weighted by atomic mass is 35.5. The van der Waals surface area contributed by atoms with E-state index < -0.39 is 0 Å². The highest BCUT2D eigenvalue weighted by Crippen LogP contribution is 2.31. The summed E-state index contributed by atoms with van der Waals surface area (Å²) in [5.41, 5.74) is 1.18. The summed E-state index contributed by atoms with van der Waals surface area (Å²) in [6, 6.07) is 7.91. The monoisotopic (exact) mass is 279 g/mol. The fourth-order valence-corrected chi connectivity index (χ4v) is 3.21. The average Bonchev–Trinajstić information content (AvgIpc) is 2.92. The maximum atomic E-state index is 12.5. The summed E-state index contributed by atoms with van der Waals surface area (Å²) in [5, 5.41) is 0.747. The maximum Gasteiger partial charge on any atom is 0.226 e. The van der Waals surface area contributed by atoms with E-state index in [1.807, 2.05) is 23.1 Å². The number of halogens is 1. The molecule has 0 aromatic heterocycles. The predicted octanol–water partition coefficient (Wildman–Crippen LogP) is 4.09. The third kappa shape index (κ3) is 3.30. The maximum absolute atomic E-state index is 12.5. The second kappa shape index (κ2) is 6.42. The van der Waals surface area contributed by atoms with Crippen LogP contribution < -0.4 is 0 Å². The zero-order chi connectivity index (χ0) is 13.8. The van der Waals surface area contributed by atoms with Crippen molar-refractivity contribution in [1.82, 2.24) is 4.90 Å². The summed E-state index contributed by atoms with van der Waals surface area (Å²) in [4.78, 5) is 14.5. The molecule has 0 radical (unpaired) electrons. The van der Waals surface area contributed by atoms with Crippen LogP contribution in [0.2, 0.25) is 5.02 Å². The lowest BCUT2D eigenvalue weighted by atomic mass is 9.84. The number of likely N-dealkylation sites (tertiary alicyclic amines) is 1. The molecule has 104 valence electrons. The van der Waals surface area contributed by atoms with Crippen molar-refractivity contribution in [2.24, 2.45) is 5.92 Å². The Bertz CT molecular complexity index is 440. The van der Waals surface area contributed by atoms with Crippen LogP contribution in [-0.4, -0.2) is 23.9 Å². The van der Waals surface area contributed by atoms with Crippen molar-refractivity contribution in [3.8, 4) is 0 Å². The van der Waals surface area contributed by atoms with Crippen molar-refractivity contribution >= 4 is 17.5 Å². The van der Waals surface area contributed by atoms with Crippen LogP contribution in [0.4, 0.5) is 0 Å². The first-order valence-electron chi connectivity index (χ1n) is 7.17. The van der Waals surface area contributed by atoms with Crippen LogP contribution in [-0.2, 0) is 4.79 Å². The lowest BCUT2D eigenvalue weighted by Crippen LogP contribution is -2.35. The Morgan fingerprint density at radius 2 is 2.05 bits per heavy atom. The molecule has 0 spiro atoms. The molecule has 1 aromatic carbocycles. The van der Waals surface area contributed by atoms with Crippen LogP contribution in [0.1, 0.15) is 44.6 Å². The van der Waals surface area contributed by atoms with Crippen molar-refractivity contribution in [2.45, 2.75) is 39.0 Å². The SMILES string of the molecule is CCC(c1cccc(Cl)c1)C(C)C(=O)N1CCCC1. The number of nitrogens with zero attached hydrogens (tertiary/aromatic N) is 1. The second-order valence-corrected chi connectivity index (χ2v) is 5.83. The number of benzene rings is 1. The van der Waals surface area contributed by atoms with Gasteiger partial charge in [0, 0.05) is 24.0 Å². The van der Waals surface area contributed by atoms with Crippen molar-refractivity contribution in [3.05, 3.63) is 34.9 Å². The van der Waals surface area contributed by atoms with Gasteiger partial charge in [-0.25, -0.2) is 0 Å². The molecule has 1 aromatic rings. The van der Waals surface area contributed by atoms with Crippen LogP contribution >= 0.6 is 11.6 Å². The smallest absolute Gasteiger partial charge is 0.226 e.